The van der Waals surface area contributed by atoms with Crippen molar-refractivity contribution in [3.8, 4) is 0 Å². The molecule has 2 rings (SSSR count). The zero-order chi connectivity index (χ0) is 14.4. The first kappa shape index (κ1) is 15.4. The lowest BCUT2D eigenvalue weighted by Crippen LogP contribution is -2.45. The molecule has 0 aliphatic carbocycles. The maximum absolute atomic E-state index is 12.1. The lowest BCUT2D eigenvalue weighted by molar-refractivity contribution is 0.169. The van der Waals surface area contributed by atoms with Gasteiger partial charge in [-0.2, -0.15) is 12.7 Å². The van der Waals surface area contributed by atoms with Gasteiger partial charge in [-0.3, -0.25) is 4.98 Å². The average molecular weight is 299 g/mol. The maximum atomic E-state index is 12.1. The summed E-state index contributed by atoms with van der Waals surface area (Å²) in [5, 5.41) is 9.06. The lowest BCUT2D eigenvalue weighted by atomic mass is 10.00. The fraction of sp³-hybridized carbons (Fsp3) is 0.615. The minimum absolute atomic E-state index is 0.140. The Balaban J connectivity index is 1.79. The summed E-state index contributed by atoms with van der Waals surface area (Å²) in [6, 6.07) is 5.59. The van der Waals surface area contributed by atoms with E-state index in [0.717, 1.165) is 18.5 Å². The average Bonchev–Trinajstić information content (AvgIpc) is 2.48. The Bertz CT molecular complexity index is 499. The Labute approximate surface area is 120 Å². The Kier molecular flexibility index (Phi) is 5.47. The van der Waals surface area contributed by atoms with Crippen LogP contribution in [0, 0.1) is 5.92 Å². The number of hydrogen-bond donors (Lipinski definition) is 2. The van der Waals surface area contributed by atoms with Crippen LogP contribution in [-0.4, -0.2) is 49.1 Å². The van der Waals surface area contributed by atoms with Gasteiger partial charge in [-0.25, -0.2) is 4.72 Å². The Morgan fingerprint density at radius 2 is 2.10 bits per heavy atom. The fourth-order valence-corrected chi connectivity index (χ4v) is 3.51. The Hall–Kier alpha value is -1.02. The topological polar surface area (TPSA) is 82.5 Å². The van der Waals surface area contributed by atoms with E-state index in [1.54, 1.807) is 6.20 Å². The molecule has 6 nitrogen and oxygen atoms in total. The van der Waals surface area contributed by atoms with Crippen molar-refractivity contribution < 1.29 is 13.5 Å². The van der Waals surface area contributed by atoms with Crippen molar-refractivity contribution in [1.29, 1.82) is 0 Å². The molecule has 1 aromatic heterocycles. The molecule has 7 heteroatoms. The highest BCUT2D eigenvalue weighted by Gasteiger charge is 2.27. The van der Waals surface area contributed by atoms with E-state index in [0.29, 0.717) is 26.1 Å². The lowest BCUT2D eigenvalue weighted by Gasteiger charge is -2.30. The van der Waals surface area contributed by atoms with Gasteiger partial charge in [0.2, 0.25) is 0 Å². The molecule has 1 aromatic rings. The number of aromatic nitrogens is 1. The molecule has 0 spiro atoms. The van der Waals surface area contributed by atoms with E-state index in [9.17, 15) is 8.42 Å². The van der Waals surface area contributed by atoms with Crippen molar-refractivity contribution in [2.75, 3.05) is 26.2 Å². The normalized spacial score (nSPS) is 18.2. The number of hydrogen-bond acceptors (Lipinski definition) is 4. The van der Waals surface area contributed by atoms with Crippen LogP contribution >= 0.6 is 0 Å². The summed E-state index contributed by atoms with van der Waals surface area (Å²) in [7, 11) is -3.41. The summed E-state index contributed by atoms with van der Waals surface area (Å²) in [6.07, 6.45) is 3.71. The number of piperidine rings is 1. The zero-order valence-corrected chi connectivity index (χ0v) is 12.2. The van der Waals surface area contributed by atoms with Gasteiger partial charge in [0.05, 0.1) is 0 Å². The van der Waals surface area contributed by atoms with Gasteiger partial charge in [0.25, 0.3) is 10.2 Å². The van der Waals surface area contributed by atoms with Crippen molar-refractivity contribution in [3.05, 3.63) is 30.1 Å². The number of nitrogens with zero attached hydrogens (tertiary/aromatic N) is 2. The van der Waals surface area contributed by atoms with Crippen LogP contribution in [0.25, 0.3) is 0 Å². The maximum Gasteiger partial charge on any atom is 0.279 e. The first-order valence-corrected chi connectivity index (χ1v) is 8.31. The van der Waals surface area contributed by atoms with E-state index in [1.807, 2.05) is 18.2 Å². The molecule has 1 aliphatic heterocycles. The molecule has 2 heterocycles. The highest BCUT2D eigenvalue weighted by Crippen LogP contribution is 2.18. The van der Waals surface area contributed by atoms with Gasteiger partial charge in [0.1, 0.15) is 0 Å². The molecule has 1 aliphatic rings. The Morgan fingerprint density at radius 3 is 2.70 bits per heavy atom. The molecule has 112 valence electrons. The second-order valence-electron chi connectivity index (χ2n) is 5.00. The van der Waals surface area contributed by atoms with Gasteiger partial charge in [-0.15, -0.1) is 0 Å². The predicted octanol–water partition coefficient (Wildman–Crippen LogP) is 0.163. The van der Waals surface area contributed by atoms with Gasteiger partial charge in [-0.1, -0.05) is 6.07 Å². The van der Waals surface area contributed by atoms with Gasteiger partial charge < -0.3 is 5.11 Å². The Morgan fingerprint density at radius 1 is 1.35 bits per heavy atom. The van der Waals surface area contributed by atoms with Gasteiger partial charge in [0, 0.05) is 44.6 Å². The van der Waals surface area contributed by atoms with Crippen LogP contribution in [0.2, 0.25) is 0 Å². The third-order valence-corrected chi connectivity index (χ3v) is 5.18. The number of aliphatic hydroxyl groups is 1. The monoisotopic (exact) mass is 299 g/mol. The molecule has 2 N–H and O–H groups in total. The van der Waals surface area contributed by atoms with Gasteiger partial charge in [-0.05, 0) is 30.9 Å². The molecule has 0 radical (unpaired) electrons. The number of pyridine rings is 1. The molecule has 1 saturated heterocycles. The number of aliphatic hydroxyl groups excluding tert-OH is 1. The van der Waals surface area contributed by atoms with Crippen molar-refractivity contribution in [2.45, 2.75) is 19.3 Å². The van der Waals surface area contributed by atoms with Crippen LogP contribution in [0.1, 0.15) is 18.5 Å². The third kappa shape index (κ3) is 4.24. The van der Waals surface area contributed by atoms with E-state index < -0.39 is 10.2 Å². The molecular formula is C13H21N3O3S. The molecule has 0 bridgehead atoms. The van der Waals surface area contributed by atoms with Crippen molar-refractivity contribution in [1.82, 2.24) is 14.0 Å². The first-order valence-electron chi connectivity index (χ1n) is 6.87. The zero-order valence-electron chi connectivity index (χ0n) is 11.4. The van der Waals surface area contributed by atoms with E-state index in [1.165, 1.54) is 4.31 Å². The summed E-state index contributed by atoms with van der Waals surface area (Å²) in [5.41, 5.74) is 0.870. The first-order chi connectivity index (χ1) is 9.62. The smallest absolute Gasteiger partial charge is 0.279 e. The van der Waals surface area contributed by atoms with Gasteiger partial charge >= 0.3 is 0 Å². The van der Waals surface area contributed by atoms with Crippen LogP contribution in [0.15, 0.2) is 24.4 Å². The van der Waals surface area contributed by atoms with E-state index in [4.69, 9.17) is 5.11 Å². The van der Waals surface area contributed by atoms with Crippen LogP contribution < -0.4 is 4.72 Å². The molecule has 0 saturated carbocycles. The molecule has 0 atom stereocenters. The predicted molar refractivity (Wildman–Crippen MR) is 76.2 cm³/mol. The molecule has 0 amide bonds. The molecule has 20 heavy (non-hydrogen) atoms. The third-order valence-electron chi connectivity index (χ3n) is 3.56. The SMILES string of the molecule is O=S(=O)(NCCc1ccccn1)N1CCC(CO)CC1. The summed E-state index contributed by atoms with van der Waals surface area (Å²) in [6.45, 7) is 1.44. The standard InChI is InChI=1S/C13H21N3O3S/c17-11-12-5-9-16(10-6-12)20(18,19)15-8-4-13-3-1-2-7-14-13/h1-3,7,12,15,17H,4-6,8-11H2. The van der Waals surface area contributed by atoms with Crippen molar-refractivity contribution in [3.63, 3.8) is 0 Å². The van der Waals surface area contributed by atoms with Crippen LogP contribution in [0.5, 0.6) is 0 Å². The summed E-state index contributed by atoms with van der Waals surface area (Å²) in [4.78, 5) is 4.16. The minimum atomic E-state index is -3.41. The second-order valence-corrected chi connectivity index (χ2v) is 6.75. The van der Waals surface area contributed by atoms with E-state index in [2.05, 4.69) is 9.71 Å². The van der Waals surface area contributed by atoms with Crippen molar-refractivity contribution >= 4 is 10.2 Å². The molecule has 0 unspecified atom stereocenters. The summed E-state index contributed by atoms with van der Waals surface area (Å²) < 4.78 is 28.3. The van der Waals surface area contributed by atoms with E-state index >= 15 is 0 Å². The highest BCUT2D eigenvalue weighted by molar-refractivity contribution is 7.87. The summed E-state index contributed by atoms with van der Waals surface area (Å²) in [5.74, 6) is 0.231. The van der Waals surface area contributed by atoms with Crippen molar-refractivity contribution in [2.24, 2.45) is 5.92 Å². The van der Waals surface area contributed by atoms with Crippen LogP contribution in [0.3, 0.4) is 0 Å². The van der Waals surface area contributed by atoms with Crippen LogP contribution in [0.4, 0.5) is 0 Å². The van der Waals surface area contributed by atoms with E-state index in [-0.39, 0.29) is 12.5 Å². The highest BCUT2D eigenvalue weighted by atomic mass is 32.2. The minimum Gasteiger partial charge on any atom is -0.396 e. The van der Waals surface area contributed by atoms with Crippen LogP contribution in [-0.2, 0) is 16.6 Å². The fourth-order valence-electron chi connectivity index (χ4n) is 2.28. The number of nitrogens with one attached hydrogen (secondary N) is 1. The van der Waals surface area contributed by atoms with Gasteiger partial charge in [0.15, 0.2) is 0 Å². The second kappa shape index (κ2) is 7.12. The molecule has 0 aromatic carbocycles. The largest absolute Gasteiger partial charge is 0.396 e. The number of rotatable bonds is 6. The molecular weight excluding hydrogens is 278 g/mol. The molecule has 1 fully saturated rings. The summed E-state index contributed by atoms with van der Waals surface area (Å²) >= 11 is 0. The quantitative estimate of drug-likeness (QED) is 0.784.